The van der Waals surface area contributed by atoms with E-state index in [2.05, 4.69) is 26.0 Å². The fourth-order valence-corrected chi connectivity index (χ4v) is 5.72. The number of fused-ring (bicyclic) bond motifs is 1. The van der Waals surface area contributed by atoms with Crippen LogP contribution in [0.5, 0.6) is 5.75 Å². The second-order valence-corrected chi connectivity index (χ2v) is 10.5. The monoisotopic (exact) mass is 613 g/mol. The van der Waals surface area contributed by atoms with Gasteiger partial charge in [0, 0.05) is 35.9 Å². The van der Waals surface area contributed by atoms with Crippen molar-refractivity contribution >= 4 is 33.4 Å². The molecule has 0 saturated heterocycles. The van der Waals surface area contributed by atoms with E-state index >= 15 is 0 Å². The summed E-state index contributed by atoms with van der Waals surface area (Å²) in [6, 6.07) is 8.37. The van der Waals surface area contributed by atoms with Crippen molar-refractivity contribution in [1.29, 1.82) is 0 Å². The quantitative estimate of drug-likeness (QED) is 0.247. The molecule has 0 amide bonds. The van der Waals surface area contributed by atoms with Crippen LogP contribution >= 0.6 is 15.9 Å². The Morgan fingerprint density at radius 2 is 1.93 bits per heavy atom. The van der Waals surface area contributed by atoms with Crippen LogP contribution in [0.1, 0.15) is 37.3 Å². The summed E-state index contributed by atoms with van der Waals surface area (Å²) in [5.74, 6) is -0.876. The van der Waals surface area contributed by atoms with Crippen LogP contribution in [-0.2, 0) is 14.3 Å². The number of carboxylic acids is 1. The van der Waals surface area contributed by atoms with Crippen molar-refractivity contribution in [2.24, 2.45) is 0 Å². The maximum absolute atomic E-state index is 14.2. The van der Waals surface area contributed by atoms with Crippen LogP contribution in [0.25, 0.3) is 28.0 Å². The summed E-state index contributed by atoms with van der Waals surface area (Å²) in [4.78, 5) is 21.6. The number of hydrogen-bond acceptors (Lipinski definition) is 8. The van der Waals surface area contributed by atoms with Crippen molar-refractivity contribution in [2.45, 2.75) is 37.2 Å². The Bertz CT molecular complexity index is 1540. The van der Waals surface area contributed by atoms with Gasteiger partial charge >= 0.3 is 5.97 Å². The van der Waals surface area contributed by atoms with Crippen LogP contribution < -0.4 is 10.5 Å². The molecule has 1 aromatic carbocycles. The number of aromatic nitrogens is 4. The average molecular weight is 614 g/mol. The summed E-state index contributed by atoms with van der Waals surface area (Å²) >= 11 is 3.60. The smallest absolute Gasteiger partial charge is 0.335 e. The van der Waals surface area contributed by atoms with E-state index in [1.165, 1.54) is 13.2 Å². The van der Waals surface area contributed by atoms with Gasteiger partial charge in [-0.05, 0) is 65.9 Å². The second kappa shape index (κ2) is 11.5. The first kappa shape index (κ1) is 27.9. The zero-order valence-electron chi connectivity index (χ0n) is 22.1. The SMILES string of the molecule is COCCO[C@]1(C(=O)O)CC[C@H](c2nc3c(-c4ccc(-c5ccc(OC)c(F)c5)nc4)cnn3c(N)c2Br)CC1. The van der Waals surface area contributed by atoms with Crippen molar-refractivity contribution < 1.29 is 28.5 Å². The predicted octanol–water partition coefficient (Wildman–Crippen LogP) is 5.09. The van der Waals surface area contributed by atoms with Gasteiger partial charge in [0.25, 0.3) is 0 Å². The van der Waals surface area contributed by atoms with Crippen LogP contribution in [0.2, 0.25) is 0 Å². The zero-order chi connectivity index (χ0) is 28.4. The molecule has 1 saturated carbocycles. The summed E-state index contributed by atoms with van der Waals surface area (Å²) in [6.07, 6.45) is 5.20. The molecule has 0 atom stereocenters. The van der Waals surface area contributed by atoms with Gasteiger partial charge in [-0.1, -0.05) is 6.07 Å². The minimum Gasteiger partial charge on any atom is -0.494 e. The lowest BCUT2D eigenvalue weighted by Crippen LogP contribution is -2.45. The number of carbonyl (C=O) groups is 1. The Balaban J connectivity index is 1.43. The molecule has 3 N–H and O–H groups in total. The van der Waals surface area contributed by atoms with Gasteiger partial charge in [0.2, 0.25) is 0 Å². The predicted molar refractivity (Wildman–Crippen MR) is 150 cm³/mol. The summed E-state index contributed by atoms with van der Waals surface area (Å²) < 4.78 is 32.2. The molecular weight excluding hydrogens is 585 g/mol. The Hall–Kier alpha value is -3.61. The van der Waals surface area contributed by atoms with Crippen molar-refractivity contribution in [2.75, 3.05) is 33.2 Å². The summed E-state index contributed by atoms with van der Waals surface area (Å²) in [6.45, 7) is 0.545. The first-order chi connectivity index (χ1) is 19.3. The highest BCUT2D eigenvalue weighted by Gasteiger charge is 2.44. The number of nitrogen functional groups attached to an aromatic ring is 1. The van der Waals surface area contributed by atoms with Gasteiger partial charge in [-0.15, -0.1) is 0 Å². The van der Waals surface area contributed by atoms with E-state index < -0.39 is 17.4 Å². The van der Waals surface area contributed by atoms with Gasteiger partial charge in [0.05, 0.1) is 42.4 Å². The molecule has 5 rings (SSSR count). The standard InChI is InChI=1S/C28H29BrFN5O5/c1-38-11-12-40-28(27(36)37)9-7-16(8-10-28)24-23(29)25(31)35-26(34-24)19(15-33-35)18-3-5-21(32-14-18)17-4-6-22(39-2)20(30)13-17/h3-6,13-16H,7-12,31H2,1-2H3,(H,36,37)/t16-,28+. The second-order valence-electron chi connectivity index (χ2n) is 9.69. The van der Waals surface area contributed by atoms with Gasteiger partial charge in [0.1, 0.15) is 5.82 Å². The first-order valence-electron chi connectivity index (χ1n) is 12.8. The van der Waals surface area contributed by atoms with Gasteiger partial charge in [0.15, 0.2) is 22.8 Å². The molecule has 3 aromatic heterocycles. The number of rotatable bonds is 9. The number of pyridine rings is 1. The van der Waals surface area contributed by atoms with E-state index in [1.807, 2.05) is 6.07 Å². The van der Waals surface area contributed by atoms with Crippen molar-refractivity contribution in [3.8, 4) is 28.1 Å². The molecule has 0 unspecified atom stereocenters. The van der Waals surface area contributed by atoms with Crippen molar-refractivity contribution in [1.82, 2.24) is 19.6 Å². The topological polar surface area (TPSA) is 134 Å². The van der Waals surface area contributed by atoms with Crippen LogP contribution in [0.15, 0.2) is 47.2 Å². The highest BCUT2D eigenvalue weighted by molar-refractivity contribution is 9.10. The van der Waals surface area contributed by atoms with Crippen LogP contribution in [0.3, 0.4) is 0 Å². The number of methoxy groups -OCH3 is 2. The lowest BCUT2D eigenvalue weighted by molar-refractivity contribution is -0.173. The fraction of sp³-hybridized carbons (Fsp3) is 0.357. The minimum absolute atomic E-state index is 0.0200. The van der Waals surface area contributed by atoms with Gasteiger partial charge in [-0.3, -0.25) is 4.98 Å². The number of hydrogen-bond donors (Lipinski definition) is 2. The summed E-state index contributed by atoms with van der Waals surface area (Å²) in [5.41, 5.74) is 9.27. The summed E-state index contributed by atoms with van der Waals surface area (Å²) in [5, 5.41) is 14.3. The molecule has 0 aliphatic heterocycles. The molecule has 12 heteroatoms. The number of benzene rings is 1. The van der Waals surface area contributed by atoms with E-state index in [1.54, 1.807) is 42.2 Å². The minimum atomic E-state index is -1.24. The summed E-state index contributed by atoms with van der Waals surface area (Å²) in [7, 11) is 2.97. The van der Waals surface area contributed by atoms with E-state index in [0.29, 0.717) is 59.5 Å². The molecule has 40 heavy (non-hydrogen) atoms. The van der Waals surface area contributed by atoms with Crippen LogP contribution in [0, 0.1) is 5.82 Å². The fourth-order valence-electron chi connectivity index (χ4n) is 5.13. The Morgan fingerprint density at radius 1 is 1.18 bits per heavy atom. The number of anilines is 1. The Morgan fingerprint density at radius 3 is 2.55 bits per heavy atom. The molecule has 10 nitrogen and oxygen atoms in total. The zero-order valence-corrected chi connectivity index (χ0v) is 23.6. The normalized spacial score (nSPS) is 19.1. The Kier molecular flexibility index (Phi) is 8.02. The van der Waals surface area contributed by atoms with Crippen molar-refractivity contribution in [3.05, 3.63) is 58.7 Å². The number of halogens is 2. The van der Waals surface area contributed by atoms with Crippen LogP contribution in [-0.4, -0.2) is 63.7 Å². The molecule has 1 fully saturated rings. The number of aliphatic carboxylic acids is 1. The molecular formula is C28H29BrFN5O5. The maximum Gasteiger partial charge on any atom is 0.335 e. The lowest BCUT2D eigenvalue weighted by atomic mass is 9.77. The molecule has 210 valence electrons. The lowest BCUT2D eigenvalue weighted by Gasteiger charge is -2.36. The number of ether oxygens (including phenoxy) is 3. The number of nitrogens with two attached hydrogens (primary N) is 1. The van der Waals surface area contributed by atoms with E-state index in [9.17, 15) is 14.3 Å². The van der Waals surface area contributed by atoms with Crippen molar-refractivity contribution in [3.63, 3.8) is 0 Å². The third-order valence-electron chi connectivity index (χ3n) is 7.41. The molecule has 3 heterocycles. The molecule has 0 bridgehead atoms. The highest BCUT2D eigenvalue weighted by Crippen LogP contribution is 2.43. The van der Waals surface area contributed by atoms with E-state index in [-0.39, 0.29) is 18.3 Å². The van der Waals surface area contributed by atoms with Crippen LogP contribution in [0.4, 0.5) is 10.2 Å². The molecule has 0 radical (unpaired) electrons. The largest absolute Gasteiger partial charge is 0.494 e. The third kappa shape index (κ3) is 5.14. The molecule has 1 aliphatic rings. The third-order valence-corrected chi connectivity index (χ3v) is 8.22. The van der Waals surface area contributed by atoms with E-state index in [0.717, 1.165) is 16.8 Å². The van der Waals surface area contributed by atoms with E-state index in [4.69, 9.17) is 24.9 Å². The molecule has 4 aromatic rings. The molecule has 1 aliphatic carbocycles. The average Bonchev–Trinajstić information content (AvgIpc) is 3.39. The highest BCUT2D eigenvalue weighted by atomic mass is 79.9. The van der Waals surface area contributed by atoms with Gasteiger partial charge < -0.3 is 25.1 Å². The first-order valence-corrected chi connectivity index (χ1v) is 13.6. The molecule has 0 spiro atoms. The number of nitrogens with zero attached hydrogens (tertiary/aromatic N) is 4. The van der Waals surface area contributed by atoms with Gasteiger partial charge in [-0.25, -0.2) is 14.2 Å². The van der Waals surface area contributed by atoms with Gasteiger partial charge in [-0.2, -0.15) is 9.61 Å². The maximum atomic E-state index is 14.2. The number of carboxylic acid groups (broad SMARTS) is 1. The Labute approximate surface area is 238 Å².